The van der Waals surface area contributed by atoms with E-state index in [-0.39, 0.29) is 43.4 Å². The zero-order valence-electron chi connectivity index (χ0n) is 25.7. The summed E-state index contributed by atoms with van der Waals surface area (Å²) in [5.41, 5.74) is -1.69. The molecule has 4 heterocycles. The summed E-state index contributed by atoms with van der Waals surface area (Å²) in [5.74, 6) is -4.29. The molecule has 3 aliphatic rings. The van der Waals surface area contributed by atoms with Crippen LogP contribution < -0.4 is 15.5 Å². The van der Waals surface area contributed by atoms with Crippen LogP contribution in [0.25, 0.3) is 0 Å². The van der Waals surface area contributed by atoms with E-state index < -0.39 is 73.2 Å². The highest BCUT2D eigenvalue weighted by Crippen LogP contribution is 2.46. The van der Waals surface area contributed by atoms with Crippen LogP contribution in [0.3, 0.4) is 0 Å². The van der Waals surface area contributed by atoms with Crippen molar-refractivity contribution in [3.63, 3.8) is 0 Å². The molecule has 0 saturated carbocycles. The molecule has 1 saturated heterocycles. The minimum Gasteiger partial charge on any atom is -0.451 e. The first-order valence-corrected chi connectivity index (χ1v) is 16.2. The van der Waals surface area contributed by atoms with Crippen LogP contribution >= 0.6 is 8.60 Å². The highest BCUT2D eigenvalue weighted by molar-refractivity contribution is 7.39. The molecule has 17 heteroatoms. The summed E-state index contributed by atoms with van der Waals surface area (Å²) in [4.78, 5) is 78.7. The number of halogens is 2. The van der Waals surface area contributed by atoms with E-state index in [1.165, 1.54) is 16.8 Å². The Balaban J connectivity index is 1.45. The molecule has 3 atom stereocenters. The van der Waals surface area contributed by atoms with E-state index in [1.807, 2.05) is 13.8 Å². The Morgan fingerprint density at radius 1 is 1.23 bits per heavy atom. The van der Waals surface area contributed by atoms with Crippen molar-refractivity contribution in [3.05, 3.63) is 63.1 Å². The van der Waals surface area contributed by atoms with Gasteiger partial charge in [0.1, 0.15) is 17.2 Å². The van der Waals surface area contributed by atoms with E-state index in [4.69, 9.17) is 24.1 Å². The van der Waals surface area contributed by atoms with Gasteiger partial charge in [-0.05, 0) is 45.6 Å². The average Bonchev–Trinajstić information content (AvgIpc) is 3.35. The van der Waals surface area contributed by atoms with Gasteiger partial charge in [-0.1, -0.05) is 11.2 Å². The number of aromatic nitrogens is 1. The fourth-order valence-corrected chi connectivity index (χ4v) is 6.38. The third kappa shape index (κ3) is 7.45. The maximum absolute atomic E-state index is 14.3. The predicted molar refractivity (Wildman–Crippen MR) is 161 cm³/mol. The maximum Gasteiger partial charge on any atom is 0.327 e. The molecule has 1 aromatic carbocycles. The van der Waals surface area contributed by atoms with Crippen LogP contribution in [0, 0.1) is 11.6 Å². The number of hydrogen-bond acceptors (Lipinski definition) is 11. The molecule has 1 aromatic heterocycles. The number of nitrogens with zero attached hydrogens (tertiary/aromatic N) is 3. The third-order valence-electron chi connectivity index (χ3n) is 8.53. The number of oxime groups is 1. The van der Waals surface area contributed by atoms with Crippen LogP contribution in [0.15, 0.2) is 34.3 Å². The molecular weight excluding hydrogens is 645 g/mol. The number of nitrogens with one attached hydrogen (secondary N) is 1. The van der Waals surface area contributed by atoms with Crippen molar-refractivity contribution < 1.29 is 51.8 Å². The maximum atomic E-state index is 14.3. The van der Waals surface area contributed by atoms with Crippen molar-refractivity contribution in [1.82, 2.24) is 14.8 Å². The second-order valence-electron chi connectivity index (χ2n) is 11.7. The van der Waals surface area contributed by atoms with Crippen LogP contribution in [0.4, 0.5) is 8.78 Å². The number of fused-ring (bicyclic) bond motifs is 5. The normalized spacial score (nSPS) is 21.6. The molecule has 1 spiro atoms. The van der Waals surface area contributed by atoms with Crippen LogP contribution in [-0.4, -0.2) is 74.3 Å². The van der Waals surface area contributed by atoms with Gasteiger partial charge in [-0.2, -0.15) is 0 Å². The summed E-state index contributed by atoms with van der Waals surface area (Å²) in [6.45, 7) is 2.82. The molecule has 3 N–H and O–H groups in total. The molecule has 254 valence electrons. The molecule has 2 bridgehead atoms. The van der Waals surface area contributed by atoms with Crippen molar-refractivity contribution >= 4 is 32.1 Å². The summed E-state index contributed by atoms with van der Waals surface area (Å²) in [7, 11) is -2.49. The van der Waals surface area contributed by atoms with Gasteiger partial charge in [0.15, 0.2) is 11.3 Å². The fraction of sp³-hybridized carbons (Fsp3) is 0.500. The summed E-state index contributed by atoms with van der Waals surface area (Å²) in [6, 6.07) is 2.06. The van der Waals surface area contributed by atoms with Gasteiger partial charge in [0, 0.05) is 49.8 Å². The largest absolute Gasteiger partial charge is 0.451 e. The summed E-state index contributed by atoms with van der Waals surface area (Å²) >= 11 is 0. The number of amides is 2. The van der Waals surface area contributed by atoms with Crippen molar-refractivity contribution in [1.29, 1.82) is 0 Å². The van der Waals surface area contributed by atoms with E-state index in [0.29, 0.717) is 38.2 Å². The molecular formula is C30H35F2N4O10P. The highest BCUT2D eigenvalue weighted by atomic mass is 31.2. The molecule has 5 rings (SSSR count). The lowest BCUT2D eigenvalue weighted by atomic mass is 9.84. The van der Waals surface area contributed by atoms with Gasteiger partial charge in [0.25, 0.3) is 11.8 Å². The first kappa shape index (κ1) is 34.4. The summed E-state index contributed by atoms with van der Waals surface area (Å²) in [6.07, 6.45) is 3.40. The van der Waals surface area contributed by atoms with E-state index >= 15 is 0 Å². The zero-order valence-corrected chi connectivity index (χ0v) is 26.6. The number of carbonyl (C=O) groups is 3. The molecule has 3 unspecified atom stereocenters. The van der Waals surface area contributed by atoms with Gasteiger partial charge in [0.05, 0.1) is 18.4 Å². The van der Waals surface area contributed by atoms with E-state index in [9.17, 15) is 28.0 Å². The first-order chi connectivity index (χ1) is 22.4. The minimum absolute atomic E-state index is 0.0178. The lowest BCUT2D eigenvalue weighted by Gasteiger charge is -2.42. The molecule has 0 aliphatic carbocycles. The third-order valence-corrected chi connectivity index (χ3v) is 8.94. The number of unbranched alkanes of at least 4 members (excludes halogenated alkanes) is 1. The van der Waals surface area contributed by atoms with Crippen LogP contribution in [-0.2, 0) is 25.4 Å². The van der Waals surface area contributed by atoms with E-state index in [1.54, 1.807) is 4.90 Å². The van der Waals surface area contributed by atoms with Gasteiger partial charge in [-0.15, -0.1) is 0 Å². The SMILES string of the molecule is CC1=NOC2(CCC(C)N3CC2n2cc(C(=O)NCc4ccc(F)cc4F)c(=O)c(OCOC(=O)CCCCOP(O)O)c2C3=O)C1. The second-order valence-corrected chi connectivity index (χ2v) is 12.5. The molecule has 0 radical (unpaired) electrons. The number of ether oxygens (including phenoxy) is 2. The minimum atomic E-state index is -2.49. The molecule has 47 heavy (non-hydrogen) atoms. The van der Waals surface area contributed by atoms with E-state index in [0.717, 1.165) is 11.8 Å². The predicted octanol–water partition coefficient (Wildman–Crippen LogP) is 3.05. The van der Waals surface area contributed by atoms with Crippen LogP contribution in [0.2, 0.25) is 0 Å². The first-order valence-electron chi connectivity index (χ1n) is 15.0. The van der Waals surface area contributed by atoms with Crippen molar-refractivity contribution in [2.45, 2.75) is 76.6 Å². The van der Waals surface area contributed by atoms with Crippen molar-refractivity contribution in [2.24, 2.45) is 5.16 Å². The lowest BCUT2D eigenvalue weighted by molar-refractivity contribution is -0.150. The molecule has 2 aromatic rings. The quantitative estimate of drug-likeness (QED) is 0.131. The molecule has 3 aliphatic heterocycles. The lowest BCUT2D eigenvalue weighted by Crippen LogP contribution is -2.52. The Bertz CT molecular complexity index is 1640. The number of rotatable bonds is 12. The Morgan fingerprint density at radius 3 is 2.72 bits per heavy atom. The van der Waals surface area contributed by atoms with Gasteiger partial charge >= 0.3 is 14.6 Å². The zero-order chi connectivity index (χ0) is 33.9. The standard InChI is InChI=1S/C30H35F2N4O10P/c1-17-12-30(46-34-17)9-8-18(2)35-15-23(30)36-14-21(28(39)33-13-19-6-7-20(31)11-22(19)32)26(38)27(25(36)29(35)40)44-16-43-24(37)5-3-4-10-45-47(41)42/h6-7,11,14,18,23,41-42H,3-5,8-10,12-13,15-16H2,1-2H3,(H,33,39). The number of carbonyl (C=O) groups excluding carboxylic acids is 3. The Labute approximate surface area is 269 Å². The van der Waals surface area contributed by atoms with Gasteiger partial charge in [0.2, 0.25) is 18.0 Å². The van der Waals surface area contributed by atoms with Gasteiger partial charge in [-0.3, -0.25) is 19.2 Å². The smallest absolute Gasteiger partial charge is 0.327 e. The topological polar surface area (TPSA) is 178 Å². The average molecular weight is 681 g/mol. The summed E-state index contributed by atoms with van der Waals surface area (Å²) in [5, 5.41) is 6.66. The molecule has 2 amide bonds. The number of pyridine rings is 1. The van der Waals surface area contributed by atoms with Crippen molar-refractivity contribution in [2.75, 3.05) is 19.9 Å². The second kappa shape index (κ2) is 14.4. The summed E-state index contributed by atoms with van der Waals surface area (Å²) < 4.78 is 44.6. The molecule has 1 fully saturated rings. The number of esters is 1. The number of hydrogen-bond donors (Lipinski definition) is 3. The fourth-order valence-electron chi connectivity index (χ4n) is 6.09. The van der Waals surface area contributed by atoms with Crippen molar-refractivity contribution in [3.8, 4) is 5.75 Å². The van der Waals surface area contributed by atoms with Crippen LogP contribution in [0.5, 0.6) is 5.75 Å². The molecule has 14 nitrogen and oxygen atoms in total. The van der Waals surface area contributed by atoms with E-state index in [2.05, 4.69) is 15.0 Å². The Hall–Kier alpha value is -3.98. The monoisotopic (exact) mass is 680 g/mol. The van der Waals surface area contributed by atoms with Gasteiger partial charge in [-0.25, -0.2) is 8.78 Å². The highest BCUT2D eigenvalue weighted by Gasteiger charge is 2.54. The Kier molecular flexibility index (Phi) is 10.5. The Morgan fingerprint density at radius 2 is 2.02 bits per heavy atom. The van der Waals surface area contributed by atoms with Crippen LogP contribution in [0.1, 0.15) is 84.8 Å². The number of benzene rings is 1. The van der Waals surface area contributed by atoms with Gasteiger partial charge < -0.3 is 43.4 Å².